The number of hydrogen-bond donors (Lipinski definition) is 2. The molecule has 1 heterocycles. The Bertz CT molecular complexity index is 1040. The molecule has 0 aromatic heterocycles. The number of rotatable bonds is 3. The fraction of sp³-hybridized carbons (Fsp3) is 0.0588. The van der Waals surface area contributed by atoms with Crippen LogP contribution in [0.5, 0.6) is 0 Å². The Hall–Kier alpha value is -2.32. The van der Waals surface area contributed by atoms with Gasteiger partial charge in [0.1, 0.15) is 0 Å². The zero-order valence-corrected chi connectivity index (χ0v) is 16.6. The fourth-order valence-corrected chi connectivity index (χ4v) is 3.17. The summed E-state index contributed by atoms with van der Waals surface area (Å²) in [4.78, 5) is 38.6. The number of benzene rings is 2. The monoisotopic (exact) mass is 459 g/mol. The van der Waals surface area contributed by atoms with Crippen LogP contribution in [0.4, 0.5) is 11.4 Å². The van der Waals surface area contributed by atoms with Crippen LogP contribution in [0.25, 0.3) is 0 Å². The van der Waals surface area contributed by atoms with E-state index >= 15 is 0 Å². The number of amides is 3. The molecule has 2 aromatic rings. The molecule has 3 amide bonds. The first-order valence-electron chi connectivity index (χ1n) is 7.55. The highest BCUT2D eigenvalue weighted by Crippen LogP contribution is 2.32. The van der Waals surface area contributed by atoms with Crippen LogP contribution >= 0.6 is 46.4 Å². The van der Waals surface area contributed by atoms with Crippen LogP contribution < -0.4 is 10.2 Å². The first-order chi connectivity index (χ1) is 13.2. The van der Waals surface area contributed by atoms with Crippen molar-refractivity contribution in [2.75, 3.05) is 10.2 Å². The largest absolute Gasteiger partial charge is 0.410 e. The van der Waals surface area contributed by atoms with Crippen LogP contribution in [0, 0.1) is 5.92 Å². The Morgan fingerprint density at radius 3 is 2.14 bits per heavy atom. The zero-order valence-electron chi connectivity index (χ0n) is 13.6. The summed E-state index contributed by atoms with van der Waals surface area (Å²) in [5, 5.41) is 15.3. The number of oxime groups is 1. The Morgan fingerprint density at radius 1 is 0.964 bits per heavy atom. The van der Waals surface area contributed by atoms with Gasteiger partial charge in [-0.15, -0.1) is 0 Å². The number of nitrogens with zero attached hydrogens (tertiary/aromatic N) is 2. The zero-order chi connectivity index (χ0) is 20.6. The van der Waals surface area contributed by atoms with Crippen molar-refractivity contribution in [3.05, 3.63) is 56.5 Å². The number of carbonyl (C=O) groups is 3. The van der Waals surface area contributed by atoms with E-state index in [2.05, 4.69) is 10.5 Å². The maximum Gasteiger partial charge on any atom is 0.284 e. The summed E-state index contributed by atoms with van der Waals surface area (Å²) in [6, 6.07) is 8.32. The van der Waals surface area contributed by atoms with E-state index in [1.54, 1.807) is 0 Å². The van der Waals surface area contributed by atoms with Crippen molar-refractivity contribution in [1.29, 1.82) is 0 Å². The average Bonchev–Trinajstić information content (AvgIpc) is 2.90. The summed E-state index contributed by atoms with van der Waals surface area (Å²) in [7, 11) is 0. The Balaban J connectivity index is 1.93. The van der Waals surface area contributed by atoms with Gasteiger partial charge in [-0.25, -0.2) is 4.90 Å². The smallest absolute Gasteiger partial charge is 0.284 e. The van der Waals surface area contributed by atoms with Crippen molar-refractivity contribution in [2.24, 2.45) is 11.1 Å². The molecule has 1 fully saturated rings. The minimum atomic E-state index is -1.67. The van der Waals surface area contributed by atoms with Crippen molar-refractivity contribution in [2.45, 2.75) is 0 Å². The van der Waals surface area contributed by atoms with E-state index in [1.807, 2.05) is 0 Å². The van der Waals surface area contributed by atoms with Crippen molar-refractivity contribution in [3.63, 3.8) is 0 Å². The van der Waals surface area contributed by atoms with Gasteiger partial charge in [-0.3, -0.25) is 14.4 Å². The van der Waals surface area contributed by atoms with Crippen LogP contribution in [-0.4, -0.2) is 28.6 Å². The van der Waals surface area contributed by atoms with Crippen molar-refractivity contribution in [1.82, 2.24) is 0 Å². The van der Waals surface area contributed by atoms with Gasteiger partial charge in [0, 0.05) is 5.69 Å². The molecular weight excluding hydrogens is 452 g/mol. The number of anilines is 2. The van der Waals surface area contributed by atoms with Crippen molar-refractivity contribution in [3.8, 4) is 0 Å². The van der Waals surface area contributed by atoms with E-state index in [0.29, 0.717) is 4.90 Å². The minimum Gasteiger partial charge on any atom is -0.410 e. The summed E-state index contributed by atoms with van der Waals surface area (Å²) in [5.74, 6) is -4.41. The molecule has 0 spiro atoms. The van der Waals surface area contributed by atoms with Crippen LogP contribution in [0.3, 0.4) is 0 Å². The average molecular weight is 461 g/mol. The van der Waals surface area contributed by atoms with Crippen molar-refractivity contribution >= 4 is 81.2 Å². The van der Waals surface area contributed by atoms with Gasteiger partial charge in [0.05, 0.1) is 25.8 Å². The van der Waals surface area contributed by atoms with Gasteiger partial charge in [-0.1, -0.05) is 51.6 Å². The summed E-state index contributed by atoms with van der Waals surface area (Å²) < 4.78 is 0. The molecule has 0 unspecified atom stereocenters. The van der Waals surface area contributed by atoms with Gasteiger partial charge >= 0.3 is 0 Å². The fourth-order valence-electron chi connectivity index (χ4n) is 2.58. The number of nitrogens with one attached hydrogen (secondary N) is 1. The molecule has 2 N–H and O–H groups in total. The van der Waals surface area contributed by atoms with E-state index in [9.17, 15) is 19.6 Å². The highest BCUT2D eigenvalue weighted by atomic mass is 35.5. The number of carbonyl (C=O) groups excluding carboxylic acids is 3. The van der Waals surface area contributed by atoms with E-state index in [-0.39, 0.29) is 31.5 Å². The minimum absolute atomic E-state index is 0.0791. The molecule has 0 aliphatic carbocycles. The topological polar surface area (TPSA) is 99.1 Å². The molecule has 28 heavy (non-hydrogen) atoms. The lowest BCUT2D eigenvalue weighted by atomic mass is 10.1. The van der Waals surface area contributed by atoms with E-state index < -0.39 is 29.4 Å². The van der Waals surface area contributed by atoms with Gasteiger partial charge in [0.25, 0.3) is 11.8 Å². The van der Waals surface area contributed by atoms with Crippen LogP contribution in [0.15, 0.2) is 41.6 Å². The standard InChI is InChI=1S/C17H9Cl4N3O4/c18-9-3-1-7(5-11(9)20)22-15(25)13-14(23-28)17(27)24(16(13)26)8-2-4-10(19)12(21)6-8/h1-6,13,28H,(H,22,25)/b23-14-/t13-/m0/s1. The Morgan fingerprint density at radius 2 is 1.57 bits per heavy atom. The van der Waals surface area contributed by atoms with E-state index in [0.717, 1.165) is 0 Å². The van der Waals surface area contributed by atoms with Gasteiger partial charge in [0.2, 0.25) is 5.91 Å². The molecule has 2 aromatic carbocycles. The molecular formula is C17H9Cl4N3O4. The third kappa shape index (κ3) is 3.66. The molecule has 3 rings (SSSR count). The second-order valence-electron chi connectivity index (χ2n) is 5.61. The number of hydrogen-bond acceptors (Lipinski definition) is 5. The molecule has 144 valence electrons. The second kappa shape index (κ2) is 7.97. The molecule has 1 aliphatic rings. The first-order valence-corrected chi connectivity index (χ1v) is 9.07. The molecule has 1 saturated heterocycles. The second-order valence-corrected chi connectivity index (χ2v) is 7.24. The third-order valence-corrected chi connectivity index (χ3v) is 5.36. The van der Waals surface area contributed by atoms with Gasteiger partial charge < -0.3 is 10.5 Å². The molecule has 7 nitrogen and oxygen atoms in total. The number of halogens is 4. The molecule has 0 saturated carbocycles. The predicted molar refractivity (Wildman–Crippen MR) is 107 cm³/mol. The maximum absolute atomic E-state index is 12.8. The van der Waals surface area contributed by atoms with Gasteiger partial charge in [-0.05, 0) is 36.4 Å². The first kappa shape index (κ1) is 20.4. The quantitative estimate of drug-likeness (QED) is 0.309. The molecule has 0 bridgehead atoms. The summed E-state index contributed by atoms with van der Waals surface area (Å²) in [6.07, 6.45) is 0. The van der Waals surface area contributed by atoms with Gasteiger partial charge in [0.15, 0.2) is 11.6 Å². The molecule has 0 radical (unpaired) electrons. The maximum atomic E-state index is 12.8. The lowest BCUT2D eigenvalue weighted by Crippen LogP contribution is -2.34. The van der Waals surface area contributed by atoms with Crippen LogP contribution in [0.1, 0.15) is 0 Å². The third-order valence-electron chi connectivity index (χ3n) is 3.88. The summed E-state index contributed by atoms with van der Waals surface area (Å²) >= 11 is 23.5. The highest BCUT2D eigenvalue weighted by Gasteiger charge is 2.50. The Kier molecular flexibility index (Phi) is 5.81. The summed E-state index contributed by atoms with van der Waals surface area (Å²) in [5.41, 5.74) is -0.311. The van der Waals surface area contributed by atoms with Gasteiger partial charge in [-0.2, -0.15) is 0 Å². The summed E-state index contributed by atoms with van der Waals surface area (Å²) in [6.45, 7) is 0. The molecule has 1 atom stereocenters. The highest BCUT2D eigenvalue weighted by molar-refractivity contribution is 6.61. The molecule has 1 aliphatic heterocycles. The van der Waals surface area contributed by atoms with E-state index in [4.69, 9.17) is 46.4 Å². The Labute approximate surface area is 178 Å². The predicted octanol–water partition coefficient (Wildman–Crippen LogP) is 4.26. The lowest BCUT2D eigenvalue weighted by molar-refractivity contribution is -0.127. The normalized spacial score (nSPS) is 18.1. The van der Waals surface area contributed by atoms with E-state index in [1.165, 1.54) is 36.4 Å². The van der Waals surface area contributed by atoms with Crippen LogP contribution in [-0.2, 0) is 14.4 Å². The lowest BCUT2D eigenvalue weighted by Gasteiger charge is -2.15. The number of imide groups is 1. The van der Waals surface area contributed by atoms with Crippen molar-refractivity contribution < 1.29 is 19.6 Å². The molecule has 11 heteroatoms. The van der Waals surface area contributed by atoms with Crippen LogP contribution in [0.2, 0.25) is 20.1 Å². The SMILES string of the molecule is O=C(Nc1ccc(Cl)c(Cl)c1)[C@H]1C(=O)N(c2ccc(Cl)c(Cl)c2)C(=O)/C1=N\O.